The molecule has 0 saturated heterocycles. The van der Waals surface area contributed by atoms with Gasteiger partial charge in [-0.05, 0) is 12.8 Å². The number of ether oxygens (including phenoxy) is 1. The van der Waals surface area contributed by atoms with Gasteiger partial charge in [-0.1, -0.05) is 232 Å². The molecule has 0 heterocycles. The Morgan fingerprint density at radius 3 is 0.512 bits per heavy atom. The highest BCUT2D eigenvalue weighted by Gasteiger charge is 1.97. The maximum Gasteiger partial charge on any atom is 0.0466 e. The van der Waals surface area contributed by atoms with Gasteiger partial charge in [0.15, 0.2) is 0 Å². The quantitative estimate of drug-likeness (QED) is 0.0662. The summed E-state index contributed by atoms with van der Waals surface area (Å²) < 4.78 is 5.88. The first-order valence-corrected chi connectivity index (χ1v) is 20.0. The van der Waals surface area contributed by atoms with Crippen molar-refractivity contribution in [2.75, 3.05) is 13.2 Å². The average molecular weight is 579 g/mol. The van der Waals surface area contributed by atoms with Crippen LogP contribution in [0.15, 0.2) is 0 Å². The van der Waals surface area contributed by atoms with Gasteiger partial charge >= 0.3 is 0 Å². The van der Waals surface area contributed by atoms with Gasteiger partial charge in [-0.2, -0.15) is 0 Å². The van der Waals surface area contributed by atoms with Crippen molar-refractivity contribution in [3.05, 3.63) is 0 Å². The molecule has 0 N–H and O–H groups in total. The first kappa shape index (κ1) is 41.0. The number of hydrogen-bond donors (Lipinski definition) is 0. The molecular weight excluding hydrogens is 496 g/mol. The molecule has 0 rings (SSSR count). The van der Waals surface area contributed by atoms with Gasteiger partial charge in [0.05, 0.1) is 0 Å². The largest absolute Gasteiger partial charge is 0.381 e. The second-order valence-electron chi connectivity index (χ2n) is 13.6. The Kier molecular flexibility index (Phi) is 39.9. The summed E-state index contributed by atoms with van der Waals surface area (Å²) in [5.74, 6) is 0. The van der Waals surface area contributed by atoms with Crippen LogP contribution in [0.3, 0.4) is 0 Å². The van der Waals surface area contributed by atoms with Crippen molar-refractivity contribution in [2.45, 2.75) is 245 Å². The molecule has 1 heteroatoms. The van der Waals surface area contributed by atoms with Gasteiger partial charge in [0.2, 0.25) is 0 Å². The SMILES string of the molecule is CCCCCCCCCCCCCCCCCCCCCCCCOCCCCCCCCCCCCCCCC. The molecule has 248 valence electrons. The Morgan fingerprint density at radius 2 is 0.341 bits per heavy atom. The summed E-state index contributed by atoms with van der Waals surface area (Å²) in [6.45, 7) is 6.61. The van der Waals surface area contributed by atoms with Crippen LogP contribution >= 0.6 is 0 Å². The van der Waals surface area contributed by atoms with E-state index in [4.69, 9.17) is 4.74 Å². The van der Waals surface area contributed by atoms with Gasteiger partial charge in [-0.3, -0.25) is 0 Å². The van der Waals surface area contributed by atoms with E-state index in [0.29, 0.717) is 0 Å². The zero-order valence-electron chi connectivity index (χ0n) is 29.3. The molecule has 0 saturated carbocycles. The highest BCUT2D eigenvalue weighted by atomic mass is 16.5. The minimum absolute atomic E-state index is 0.997. The normalized spacial score (nSPS) is 11.6. The molecule has 0 spiro atoms. The van der Waals surface area contributed by atoms with Gasteiger partial charge in [0, 0.05) is 13.2 Å². The molecule has 41 heavy (non-hydrogen) atoms. The number of rotatable bonds is 38. The van der Waals surface area contributed by atoms with E-state index in [-0.39, 0.29) is 0 Å². The lowest BCUT2D eigenvalue weighted by Crippen LogP contribution is -1.97. The molecule has 1 nitrogen and oxygen atoms in total. The molecule has 0 aromatic rings. The Labute approximate surface area is 262 Å². The number of unbranched alkanes of at least 4 members (excludes halogenated alkanes) is 34. The van der Waals surface area contributed by atoms with Gasteiger partial charge < -0.3 is 4.74 Å². The summed E-state index contributed by atoms with van der Waals surface area (Å²) in [6.07, 6.45) is 52.0. The highest BCUT2D eigenvalue weighted by Crippen LogP contribution is 2.16. The fourth-order valence-electron chi connectivity index (χ4n) is 6.31. The molecule has 0 unspecified atom stereocenters. The maximum atomic E-state index is 5.88. The van der Waals surface area contributed by atoms with E-state index in [1.54, 1.807) is 0 Å². The van der Waals surface area contributed by atoms with E-state index >= 15 is 0 Å². The van der Waals surface area contributed by atoms with Crippen LogP contribution in [0, 0.1) is 0 Å². The van der Waals surface area contributed by atoms with Crippen molar-refractivity contribution in [1.29, 1.82) is 0 Å². The average Bonchev–Trinajstić information content (AvgIpc) is 2.98. The van der Waals surface area contributed by atoms with Crippen molar-refractivity contribution in [3.8, 4) is 0 Å². The first-order chi connectivity index (χ1) is 20.4. The van der Waals surface area contributed by atoms with E-state index in [1.807, 2.05) is 0 Å². The summed E-state index contributed by atoms with van der Waals surface area (Å²) in [7, 11) is 0. The summed E-state index contributed by atoms with van der Waals surface area (Å²) in [5, 5.41) is 0. The van der Waals surface area contributed by atoms with E-state index in [1.165, 1.54) is 231 Å². The topological polar surface area (TPSA) is 9.23 Å². The van der Waals surface area contributed by atoms with Crippen LogP contribution in [0.25, 0.3) is 0 Å². The lowest BCUT2D eigenvalue weighted by Gasteiger charge is -2.06. The second kappa shape index (κ2) is 40.0. The molecule has 0 fully saturated rings. The third-order valence-corrected chi connectivity index (χ3v) is 9.28. The van der Waals surface area contributed by atoms with Crippen molar-refractivity contribution in [3.63, 3.8) is 0 Å². The minimum atomic E-state index is 0.997. The zero-order chi connectivity index (χ0) is 29.6. The Balaban J connectivity index is 3.02. The van der Waals surface area contributed by atoms with Crippen molar-refractivity contribution in [2.24, 2.45) is 0 Å². The Bertz CT molecular complexity index is 381. The minimum Gasteiger partial charge on any atom is -0.381 e. The predicted molar refractivity (Wildman–Crippen MR) is 188 cm³/mol. The molecule has 0 atom stereocenters. The lowest BCUT2D eigenvalue weighted by molar-refractivity contribution is 0.125. The molecule has 0 aliphatic carbocycles. The number of hydrogen-bond acceptors (Lipinski definition) is 1. The van der Waals surface area contributed by atoms with E-state index < -0.39 is 0 Å². The van der Waals surface area contributed by atoms with Crippen LogP contribution in [0.5, 0.6) is 0 Å². The smallest absolute Gasteiger partial charge is 0.0466 e. The van der Waals surface area contributed by atoms with Gasteiger partial charge in [0.25, 0.3) is 0 Å². The zero-order valence-corrected chi connectivity index (χ0v) is 29.3. The van der Waals surface area contributed by atoms with Gasteiger partial charge in [-0.15, -0.1) is 0 Å². The molecule has 0 radical (unpaired) electrons. The molecule has 0 bridgehead atoms. The maximum absolute atomic E-state index is 5.88. The van der Waals surface area contributed by atoms with Gasteiger partial charge in [-0.25, -0.2) is 0 Å². The monoisotopic (exact) mass is 579 g/mol. The van der Waals surface area contributed by atoms with Gasteiger partial charge in [0.1, 0.15) is 0 Å². The van der Waals surface area contributed by atoms with Crippen LogP contribution in [-0.4, -0.2) is 13.2 Å². The van der Waals surface area contributed by atoms with E-state index in [0.717, 1.165) is 13.2 Å². The standard InChI is InChI=1S/C40H82O/c1-3-5-7-9-11-13-15-17-19-20-21-22-23-24-25-26-28-30-32-34-36-38-40-41-39-37-35-33-31-29-27-18-16-14-12-10-8-6-4-2/h3-40H2,1-2H3. The third kappa shape index (κ3) is 40.0. The van der Waals surface area contributed by atoms with Crippen LogP contribution in [0.1, 0.15) is 245 Å². The van der Waals surface area contributed by atoms with Crippen LogP contribution < -0.4 is 0 Å². The molecule has 0 amide bonds. The van der Waals surface area contributed by atoms with E-state index in [2.05, 4.69) is 13.8 Å². The van der Waals surface area contributed by atoms with Crippen molar-refractivity contribution in [1.82, 2.24) is 0 Å². The summed E-state index contributed by atoms with van der Waals surface area (Å²) >= 11 is 0. The third-order valence-electron chi connectivity index (χ3n) is 9.28. The first-order valence-electron chi connectivity index (χ1n) is 20.0. The highest BCUT2D eigenvalue weighted by molar-refractivity contribution is 4.52. The summed E-state index contributed by atoms with van der Waals surface area (Å²) in [5.41, 5.74) is 0. The molecule has 0 aromatic heterocycles. The van der Waals surface area contributed by atoms with Crippen LogP contribution in [0.2, 0.25) is 0 Å². The molecule has 0 aliphatic rings. The fraction of sp³-hybridized carbons (Fsp3) is 1.00. The van der Waals surface area contributed by atoms with E-state index in [9.17, 15) is 0 Å². The second-order valence-corrected chi connectivity index (χ2v) is 13.6. The fourth-order valence-corrected chi connectivity index (χ4v) is 6.31. The van der Waals surface area contributed by atoms with Crippen molar-refractivity contribution >= 4 is 0 Å². The lowest BCUT2D eigenvalue weighted by atomic mass is 10.0. The molecular formula is C40H82O. The van der Waals surface area contributed by atoms with Crippen LogP contribution in [0.4, 0.5) is 0 Å². The molecule has 0 aromatic carbocycles. The summed E-state index contributed by atoms with van der Waals surface area (Å²) in [6, 6.07) is 0. The van der Waals surface area contributed by atoms with Crippen LogP contribution in [-0.2, 0) is 4.74 Å². The van der Waals surface area contributed by atoms with Crippen molar-refractivity contribution < 1.29 is 4.74 Å². The Morgan fingerprint density at radius 1 is 0.195 bits per heavy atom. The molecule has 0 aliphatic heterocycles. The predicted octanol–water partition coefficient (Wildman–Crippen LogP) is 15.1. The Hall–Kier alpha value is -0.0400. The summed E-state index contributed by atoms with van der Waals surface area (Å²) in [4.78, 5) is 0.